The smallest absolute Gasteiger partial charge is 0.308 e. The highest BCUT2D eigenvalue weighted by molar-refractivity contribution is 6.30. The molecular formula is C16H18ClNO4. The van der Waals surface area contributed by atoms with E-state index in [2.05, 4.69) is 0 Å². The third-order valence-corrected chi connectivity index (χ3v) is 4.83. The van der Waals surface area contributed by atoms with E-state index in [0.29, 0.717) is 28.8 Å². The number of carboxylic acids is 1. The summed E-state index contributed by atoms with van der Waals surface area (Å²) >= 11 is 5.92. The minimum atomic E-state index is -0.810. The number of methoxy groups -OCH3 is 1. The molecule has 5 nitrogen and oxygen atoms in total. The summed E-state index contributed by atoms with van der Waals surface area (Å²) in [4.78, 5) is 25.8. The van der Waals surface area contributed by atoms with Crippen molar-refractivity contribution < 1.29 is 19.4 Å². The Morgan fingerprint density at radius 2 is 2.05 bits per heavy atom. The third-order valence-electron chi connectivity index (χ3n) is 4.59. The molecule has 0 unspecified atom stereocenters. The Morgan fingerprint density at radius 3 is 2.64 bits per heavy atom. The number of carbonyl (C=O) groups is 2. The average molecular weight is 324 g/mol. The highest BCUT2D eigenvalue weighted by atomic mass is 35.5. The second-order valence-corrected chi connectivity index (χ2v) is 6.44. The summed E-state index contributed by atoms with van der Waals surface area (Å²) in [6, 6.07) is 4.86. The van der Waals surface area contributed by atoms with Crippen LogP contribution in [0.3, 0.4) is 0 Å². The Hall–Kier alpha value is -1.75. The molecule has 1 heterocycles. The third kappa shape index (κ3) is 2.77. The van der Waals surface area contributed by atoms with Crippen LogP contribution in [0.2, 0.25) is 5.02 Å². The predicted octanol–water partition coefficient (Wildman–Crippen LogP) is 2.53. The second-order valence-electron chi connectivity index (χ2n) is 6.00. The molecule has 118 valence electrons. The first kappa shape index (κ1) is 15.2. The van der Waals surface area contributed by atoms with Crippen molar-refractivity contribution in [3.63, 3.8) is 0 Å². The summed E-state index contributed by atoms with van der Waals surface area (Å²) in [6.45, 7) is 0.771. The molecule has 1 aromatic rings. The molecule has 1 aromatic carbocycles. The first-order valence-corrected chi connectivity index (χ1v) is 7.74. The van der Waals surface area contributed by atoms with E-state index in [4.69, 9.17) is 16.3 Å². The van der Waals surface area contributed by atoms with Gasteiger partial charge in [-0.3, -0.25) is 9.59 Å². The van der Waals surface area contributed by atoms with E-state index in [1.54, 1.807) is 23.1 Å². The number of halogens is 1. The number of benzene rings is 1. The van der Waals surface area contributed by atoms with Crippen LogP contribution in [0.5, 0.6) is 5.75 Å². The summed E-state index contributed by atoms with van der Waals surface area (Å²) in [6.07, 6.45) is 2.14. The maximum Gasteiger partial charge on any atom is 0.308 e. The van der Waals surface area contributed by atoms with Crippen LogP contribution in [-0.2, 0) is 4.79 Å². The molecular weight excluding hydrogens is 306 g/mol. The van der Waals surface area contributed by atoms with Crippen LogP contribution in [0, 0.1) is 17.8 Å². The van der Waals surface area contributed by atoms with Crippen molar-refractivity contribution >= 4 is 23.5 Å². The number of likely N-dealkylation sites (tertiary alicyclic amines) is 1. The van der Waals surface area contributed by atoms with Crippen LogP contribution in [0.4, 0.5) is 0 Å². The van der Waals surface area contributed by atoms with Crippen molar-refractivity contribution in [1.82, 2.24) is 4.90 Å². The maximum absolute atomic E-state index is 12.7. The Bertz CT molecular complexity index is 614. The molecule has 0 bridgehead atoms. The van der Waals surface area contributed by atoms with Gasteiger partial charge in [-0.1, -0.05) is 11.6 Å². The van der Waals surface area contributed by atoms with Gasteiger partial charge in [0.05, 0.1) is 18.6 Å². The average Bonchev–Trinajstić information content (AvgIpc) is 3.24. The SMILES string of the molecule is COc1cc(Cl)ccc1C(=O)N1C[C@H](C(=O)O)[C@@H](C2CC2)C1. The molecule has 6 heteroatoms. The minimum absolute atomic E-state index is 0.0692. The molecule has 0 spiro atoms. The molecule has 1 aliphatic carbocycles. The molecule has 1 saturated carbocycles. The van der Waals surface area contributed by atoms with Crippen LogP contribution in [0.25, 0.3) is 0 Å². The molecule has 2 atom stereocenters. The summed E-state index contributed by atoms with van der Waals surface area (Å²) in [5.41, 5.74) is 0.424. The Kier molecular flexibility index (Phi) is 4.00. The van der Waals surface area contributed by atoms with E-state index >= 15 is 0 Å². The first-order valence-electron chi connectivity index (χ1n) is 7.37. The quantitative estimate of drug-likeness (QED) is 0.924. The number of amides is 1. The van der Waals surface area contributed by atoms with Crippen LogP contribution in [0.15, 0.2) is 18.2 Å². The fraction of sp³-hybridized carbons (Fsp3) is 0.500. The number of carboxylic acid groups (broad SMARTS) is 1. The molecule has 0 aromatic heterocycles. The van der Waals surface area contributed by atoms with E-state index in [1.807, 2.05) is 0 Å². The summed E-state index contributed by atoms with van der Waals surface area (Å²) in [7, 11) is 1.49. The number of nitrogens with zero attached hydrogens (tertiary/aromatic N) is 1. The van der Waals surface area contributed by atoms with Gasteiger partial charge in [0.2, 0.25) is 0 Å². The van der Waals surface area contributed by atoms with Gasteiger partial charge in [-0.15, -0.1) is 0 Å². The fourth-order valence-corrected chi connectivity index (χ4v) is 3.43. The van der Waals surface area contributed by atoms with Gasteiger partial charge in [-0.2, -0.15) is 0 Å². The van der Waals surface area contributed by atoms with E-state index in [-0.39, 0.29) is 18.4 Å². The molecule has 2 aliphatic rings. The van der Waals surface area contributed by atoms with Gasteiger partial charge in [0.25, 0.3) is 5.91 Å². The topological polar surface area (TPSA) is 66.8 Å². The number of ether oxygens (including phenoxy) is 1. The summed E-state index contributed by atoms with van der Waals surface area (Å²) in [5, 5.41) is 9.88. The molecule has 2 fully saturated rings. The number of aliphatic carboxylic acids is 1. The maximum atomic E-state index is 12.7. The van der Waals surface area contributed by atoms with Crippen molar-refractivity contribution in [2.75, 3.05) is 20.2 Å². The lowest BCUT2D eigenvalue weighted by Crippen LogP contribution is -2.30. The monoisotopic (exact) mass is 323 g/mol. The van der Waals surface area contributed by atoms with E-state index in [1.165, 1.54) is 7.11 Å². The predicted molar refractivity (Wildman–Crippen MR) is 81.2 cm³/mol. The van der Waals surface area contributed by atoms with E-state index in [9.17, 15) is 14.7 Å². The van der Waals surface area contributed by atoms with Crippen molar-refractivity contribution in [1.29, 1.82) is 0 Å². The van der Waals surface area contributed by atoms with Gasteiger partial charge in [-0.05, 0) is 42.9 Å². The van der Waals surface area contributed by atoms with Crippen molar-refractivity contribution in [3.05, 3.63) is 28.8 Å². The van der Waals surface area contributed by atoms with E-state index < -0.39 is 11.9 Å². The lowest BCUT2D eigenvalue weighted by atomic mass is 9.92. The zero-order valence-electron chi connectivity index (χ0n) is 12.3. The molecule has 0 radical (unpaired) electrons. The van der Waals surface area contributed by atoms with Crippen LogP contribution >= 0.6 is 11.6 Å². The van der Waals surface area contributed by atoms with Gasteiger partial charge in [-0.25, -0.2) is 0 Å². The largest absolute Gasteiger partial charge is 0.496 e. The zero-order valence-corrected chi connectivity index (χ0v) is 13.0. The molecule has 1 aliphatic heterocycles. The fourth-order valence-electron chi connectivity index (χ4n) is 3.27. The van der Waals surface area contributed by atoms with Crippen LogP contribution in [0.1, 0.15) is 23.2 Å². The van der Waals surface area contributed by atoms with Crippen molar-refractivity contribution in [3.8, 4) is 5.75 Å². The number of rotatable bonds is 4. The zero-order chi connectivity index (χ0) is 15.9. The van der Waals surface area contributed by atoms with Gasteiger partial charge < -0.3 is 14.7 Å². The van der Waals surface area contributed by atoms with Gasteiger partial charge in [0.15, 0.2) is 0 Å². The second kappa shape index (κ2) is 5.80. The Balaban J connectivity index is 1.82. The van der Waals surface area contributed by atoms with Gasteiger partial charge in [0.1, 0.15) is 5.75 Å². The first-order chi connectivity index (χ1) is 10.5. The lowest BCUT2D eigenvalue weighted by Gasteiger charge is -2.18. The summed E-state index contributed by atoms with van der Waals surface area (Å²) in [5.74, 6) is -0.530. The highest BCUT2D eigenvalue weighted by Gasteiger charge is 2.47. The lowest BCUT2D eigenvalue weighted by molar-refractivity contribution is -0.142. The van der Waals surface area contributed by atoms with E-state index in [0.717, 1.165) is 12.8 Å². The number of hydrogen-bond donors (Lipinski definition) is 1. The highest BCUT2D eigenvalue weighted by Crippen LogP contribution is 2.44. The van der Waals surface area contributed by atoms with Gasteiger partial charge >= 0.3 is 5.97 Å². The molecule has 22 heavy (non-hydrogen) atoms. The molecule has 3 rings (SSSR count). The van der Waals surface area contributed by atoms with Crippen LogP contribution < -0.4 is 4.74 Å². The van der Waals surface area contributed by atoms with Gasteiger partial charge in [0, 0.05) is 18.1 Å². The molecule has 1 N–H and O–H groups in total. The molecule has 1 amide bonds. The normalized spacial score (nSPS) is 24.4. The Labute approximate surface area is 133 Å². The standard InChI is InChI=1S/C16H18ClNO4/c1-22-14-6-10(17)4-5-11(14)15(19)18-7-12(9-2-3-9)13(8-18)16(20)21/h4-6,9,12-13H,2-3,7-8H2,1H3,(H,20,21)/t12-,13+/m1/s1. The Morgan fingerprint density at radius 1 is 1.32 bits per heavy atom. The minimum Gasteiger partial charge on any atom is -0.496 e. The van der Waals surface area contributed by atoms with Crippen LogP contribution in [-0.4, -0.2) is 42.1 Å². The number of hydrogen-bond acceptors (Lipinski definition) is 3. The number of carbonyl (C=O) groups excluding carboxylic acids is 1. The molecule has 1 saturated heterocycles. The van der Waals surface area contributed by atoms with Crippen molar-refractivity contribution in [2.45, 2.75) is 12.8 Å². The summed E-state index contributed by atoms with van der Waals surface area (Å²) < 4.78 is 5.22. The van der Waals surface area contributed by atoms with Crippen molar-refractivity contribution in [2.24, 2.45) is 17.8 Å².